The van der Waals surface area contributed by atoms with Gasteiger partial charge in [-0.15, -0.1) is 24.0 Å². The number of nitrogens with zero attached hydrogens (tertiary/aromatic N) is 1. The molecule has 0 aliphatic carbocycles. The Morgan fingerprint density at radius 1 is 1.17 bits per heavy atom. The van der Waals surface area contributed by atoms with Crippen molar-refractivity contribution in [1.82, 2.24) is 10.6 Å². The van der Waals surface area contributed by atoms with Crippen molar-refractivity contribution in [3.05, 3.63) is 23.8 Å². The Labute approximate surface area is 160 Å². The van der Waals surface area contributed by atoms with Crippen LogP contribution in [0.5, 0.6) is 11.5 Å². The maximum atomic E-state index is 5.61. The third-order valence-corrected chi connectivity index (χ3v) is 4.06. The largest absolute Gasteiger partial charge is 0.486 e. The van der Waals surface area contributed by atoms with E-state index in [1.165, 1.54) is 5.56 Å². The van der Waals surface area contributed by atoms with Crippen LogP contribution in [0.1, 0.15) is 18.4 Å². The van der Waals surface area contributed by atoms with E-state index in [0.29, 0.717) is 19.3 Å². The van der Waals surface area contributed by atoms with Gasteiger partial charge in [0.15, 0.2) is 17.5 Å². The molecule has 1 fully saturated rings. The molecule has 0 radical (unpaired) electrons. The summed E-state index contributed by atoms with van der Waals surface area (Å²) in [6, 6.07) is 6.12. The van der Waals surface area contributed by atoms with Gasteiger partial charge < -0.3 is 24.8 Å². The zero-order valence-corrected chi connectivity index (χ0v) is 16.4. The summed E-state index contributed by atoms with van der Waals surface area (Å²) in [6.07, 6.45) is 3.49. The molecule has 2 heterocycles. The number of rotatable bonds is 5. The first-order chi connectivity index (χ1) is 11.3. The second-order valence-electron chi connectivity index (χ2n) is 5.74. The Morgan fingerprint density at radius 3 is 2.75 bits per heavy atom. The van der Waals surface area contributed by atoms with Crippen LogP contribution in [0.3, 0.4) is 0 Å². The van der Waals surface area contributed by atoms with Crippen LogP contribution >= 0.6 is 24.0 Å². The predicted octanol–water partition coefficient (Wildman–Crippen LogP) is 1.96. The number of nitrogens with one attached hydrogen (secondary N) is 2. The number of ether oxygens (including phenoxy) is 3. The van der Waals surface area contributed by atoms with Gasteiger partial charge in [-0.25, -0.2) is 0 Å². The molecule has 6 nitrogen and oxygen atoms in total. The van der Waals surface area contributed by atoms with Gasteiger partial charge in [0.2, 0.25) is 0 Å². The van der Waals surface area contributed by atoms with Crippen molar-refractivity contribution in [2.75, 3.05) is 40.0 Å². The van der Waals surface area contributed by atoms with Gasteiger partial charge in [0, 0.05) is 26.7 Å². The number of halogens is 1. The Morgan fingerprint density at radius 2 is 2.00 bits per heavy atom. The predicted molar refractivity (Wildman–Crippen MR) is 105 cm³/mol. The highest BCUT2D eigenvalue weighted by molar-refractivity contribution is 14.0. The van der Waals surface area contributed by atoms with Crippen LogP contribution in [0.25, 0.3) is 0 Å². The molecular formula is C17H26IN3O3. The van der Waals surface area contributed by atoms with E-state index in [1.54, 1.807) is 7.05 Å². The summed E-state index contributed by atoms with van der Waals surface area (Å²) in [5.74, 6) is 2.50. The monoisotopic (exact) mass is 447 g/mol. The highest BCUT2D eigenvalue weighted by Gasteiger charge is 2.15. The van der Waals surface area contributed by atoms with E-state index in [4.69, 9.17) is 14.2 Å². The van der Waals surface area contributed by atoms with E-state index in [0.717, 1.165) is 56.4 Å². The third kappa shape index (κ3) is 5.41. The van der Waals surface area contributed by atoms with Crippen LogP contribution in [0, 0.1) is 0 Å². The van der Waals surface area contributed by atoms with Crippen LogP contribution in [0.2, 0.25) is 0 Å². The fraction of sp³-hybridized carbons (Fsp3) is 0.588. The molecule has 7 heteroatoms. The third-order valence-electron chi connectivity index (χ3n) is 4.06. The minimum absolute atomic E-state index is 0. The molecule has 0 spiro atoms. The second-order valence-corrected chi connectivity index (χ2v) is 5.74. The zero-order valence-electron chi connectivity index (χ0n) is 14.0. The minimum atomic E-state index is 0. The second kappa shape index (κ2) is 9.93. The number of aliphatic imine (C=N–C) groups is 1. The molecule has 1 aromatic rings. The van der Waals surface area contributed by atoms with Crippen molar-refractivity contribution in [2.45, 2.75) is 25.4 Å². The molecular weight excluding hydrogens is 421 g/mol. The SMILES string of the molecule is CN=C(NCCc1ccc2c(c1)OCCO2)NCC1CCCO1.I. The number of guanidine groups is 1. The molecule has 24 heavy (non-hydrogen) atoms. The van der Waals surface area contributed by atoms with Gasteiger partial charge in [-0.05, 0) is 37.0 Å². The average Bonchev–Trinajstić information content (AvgIpc) is 3.11. The quantitative estimate of drug-likeness (QED) is 0.411. The van der Waals surface area contributed by atoms with Gasteiger partial charge in [-0.3, -0.25) is 4.99 Å². The first kappa shape index (κ1) is 19.1. The van der Waals surface area contributed by atoms with E-state index >= 15 is 0 Å². The Hall–Kier alpha value is -1.22. The van der Waals surface area contributed by atoms with Crippen LogP contribution < -0.4 is 20.1 Å². The van der Waals surface area contributed by atoms with Gasteiger partial charge in [0.05, 0.1) is 6.10 Å². The smallest absolute Gasteiger partial charge is 0.191 e. The van der Waals surface area contributed by atoms with Crippen molar-refractivity contribution in [1.29, 1.82) is 0 Å². The van der Waals surface area contributed by atoms with Crippen LogP contribution in [-0.4, -0.2) is 52.0 Å². The topological polar surface area (TPSA) is 64.1 Å². The summed E-state index contributed by atoms with van der Waals surface area (Å²) in [5.41, 5.74) is 1.22. The van der Waals surface area contributed by atoms with Crippen molar-refractivity contribution in [2.24, 2.45) is 4.99 Å². The fourth-order valence-electron chi connectivity index (χ4n) is 2.80. The lowest BCUT2D eigenvalue weighted by atomic mass is 10.1. The summed E-state index contributed by atoms with van der Waals surface area (Å²) in [6.45, 7) is 3.74. The molecule has 1 saturated heterocycles. The summed E-state index contributed by atoms with van der Waals surface area (Å²) in [7, 11) is 1.79. The fourth-order valence-corrected chi connectivity index (χ4v) is 2.80. The van der Waals surface area contributed by atoms with Crippen molar-refractivity contribution in [3.8, 4) is 11.5 Å². The standard InChI is InChI=1S/C17H25N3O3.HI/c1-18-17(20-12-14-3-2-8-21-14)19-7-6-13-4-5-15-16(11-13)23-10-9-22-15;/h4-5,11,14H,2-3,6-10,12H2,1H3,(H2,18,19,20);1H. The molecule has 2 aliphatic heterocycles. The van der Waals surface area contributed by atoms with Crippen molar-refractivity contribution in [3.63, 3.8) is 0 Å². The summed E-state index contributed by atoms with van der Waals surface area (Å²) in [4.78, 5) is 4.24. The maximum absolute atomic E-state index is 5.61. The Bertz CT molecular complexity index is 548. The van der Waals surface area contributed by atoms with Crippen LogP contribution in [-0.2, 0) is 11.2 Å². The summed E-state index contributed by atoms with van der Waals surface area (Å²) >= 11 is 0. The highest BCUT2D eigenvalue weighted by atomic mass is 127. The van der Waals surface area contributed by atoms with E-state index in [1.807, 2.05) is 6.07 Å². The van der Waals surface area contributed by atoms with Gasteiger partial charge in [-0.1, -0.05) is 6.07 Å². The summed E-state index contributed by atoms with van der Waals surface area (Å²) < 4.78 is 16.8. The zero-order chi connectivity index (χ0) is 15.9. The van der Waals surface area contributed by atoms with Crippen LogP contribution in [0.15, 0.2) is 23.2 Å². The van der Waals surface area contributed by atoms with Crippen LogP contribution in [0.4, 0.5) is 0 Å². The molecule has 1 atom stereocenters. The first-order valence-electron chi connectivity index (χ1n) is 8.30. The molecule has 2 aliphatic rings. The molecule has 0 aromatic heterocycles. The first-order valence-corrected chi connectivity index (χ1v) is 8.30. The maximum Gasteiger partial charge on any atom is 0.191 e. The molecule has 134 valence electrons. The molecule has 1 unspecified atom stereocenters. The number of hydrogen-bond donors (Lipinski definition) is 2. The average molecular weight is 447 g/mol. The van der Waals surface area contributed by atoms with Crippen molar-refractivity contribution < 1.29 is 14.2 Å². The van der Waals surface area contributed by atoms with E-state index < -0.39 is 0 Å². The Kier molecular flexibility index (Phi) is 7.90. The van der Waals surface area contributed by atoms with E-state index in [9.17, 15) is 0 Å². The molecule has 3 rings (SSSR count). The number of fused-ring (bicyclic) bond motifs is 1. The molecule has 0 saturated carbocycles. The highest BCUT2D eigenvalue weighted by Crippen LogP contribution is 2.30. The molecule has 1 aromatic carbocycles. The van der Waals surface area contributed by atoms with E-state index in [2.05, 4.69) is 27.8 Å². The number of benzene rings is 1. The lowest BCUT2D eigenvalue weighted by Gasteiger charge is -2.19. The number of hydrogen-bond acceptors (Lipinski definition) is 4. The van der Waals surface area contributed by atoms with Gasteiger partial charge in [0.1, 0.15) is 13.2 Å². The molecule has 0 amide bonds. The normalized spacial score (nSPS) is 19.5. The molecule has 0 bridgehead atoms. The summed E-state index contributed by atoms with van der Waals surface area (Å²) in [5, 5.41) is 6.65. The minimum Gasteiger partial charge on any atom is -0.486 e. The van der Waals surface area contributed by atoms with Crippen molar-refractivity contribution >= 4 is 29.9 Å². The molecule has 2 N–H and O–H groups in total. The van der Waals surface area contributed by atoms with Gasteiger partial charge in [0.25, 0.3) is 0 Å². The lowest BCUT2D eigenvalue weighted by molar-refractivity contribution is 0.114. The lowest BCUT2D eigenvalue weighted by Crippen LogP contribution is -2.41. The van der Waals surface area contributed by atoms with Gasteiger partial charge in [-0.2, -0.15) is 0 Å². The van der Waals surface area contributed by atoms with E-state index in [-0.39, 0.29) is 24.0 Å². The van der Waals surface area contributed by atoms with Gasteiger partial charge >= 0.3 is 0 Å². The Balaban J connectivity index is 0.00000208.